The highest BCUT2D eigenvalue weighted by Crippen LogP contribution is 2.29. The first-order valence-corrected chi connectivity index (χ1v) is 9.66. The van der Waals surface area contributed by atoms with E-state index in [1.165, 1.54) is 5.69 Å². The molecular weight excluding hydrogens is 342 g/mol. The Balaban J connectivity index is 1.52. The summed E-state index contributed by atoms with van der Waals surface area (Å²) in [6.45, 7) is 6.38. The van der Waals surface area contributed by atoms with Crippen molar-refractivity contribution in [3.8, 4) is 11.3 Å². The smallest absolute Gasteiger partial charge is 0.187 e. The van der Waals surface area contributed by atoms with Crippen molar-refractivity contribution in [2.45, 2.75) is 13.8 Å². The third-order valence-electron chi connectivity index (χ3n) is 4.47. The first kappa shape index (κ1) is 16.6. The Morgan fingerprint density at radius 2 is 1.88 bits per heavy atom. The number of aromatic amines is 1. The third-order valence-corrected chi connectivity index (χ3v) is 5.23. The van der Waals surface area contributed by atoms with Gasteiger partial charge in [-0.05, 0) is 44.2 Å². The summed E-state index contributed by atoms with van der Waals surface area (Å²) in [5.41, 5.74) is 6.35. The number of imidazole rings is 1. The number of nitrogens with zero attached hydrogens (tertiary/aromatic N) is 3. The number of thiazole rings is 1. The molecule has 0 fully saturated rings. The van der Waals surface area contributed by atoms with E-state index >= 15 is 0 Å². The summed E-state index contributed by atoms with van der Waals surface area (Å²) in [5.74, 6) is 0. The van der Waals surface area contributed by atoms with Crippen LogP contribution in [0.4, 0.5) is 16.5 Å². The Morgan fingerprint density at radius 1 is 1.08 bits per heavy atom. The zero-order valence-electron chi connectivity index (χ0n) is 14.9. The van der Waals surface area contributed by atoms with Crippen molar-refractivity contribution in [1.82, 2.24) is 15.0 Å². The molecule has 0 unspecified atom stereocenters. The second-order valence-electron chi connectivity index (χ2n) is 6.02. The molecule has 0 saturated carbocycles. The Bertz CT molecular complexity index is 998. The monoisotopic (exact) mass is 363 g/mol. The molecule has 0 bridgehead atoms. The fraction of sp³-hybridized carbons (Fsp3) is 0.200. The van der Waals surface area contributed by atoms with Gasteiger partial charge < -0.3 is 15.2 Å². The average molecular weight is 363 g/mol. The van der Waals surface area contributed by atoms with Crippen LogP contribution in [-0.4, -0.2) is 28.0 Å². The molecule has 5 nitrogen and oxygen atoms in total. The molecular formula is C20H21N5S. The fourth-order valence-corrected chi connectivity index (χ4v) is 3.77. The minimum atomic E-state index is 0.881. The molecule has 0 atom stereocenters. The molecule has 0 aliphatic heterocycles. The van der Waals surface area contributed by atoms with Gasteiger partial charge in [-0.3, -0.25) is 0 Å². The molecule has 4 aromatic rings. The average Bonchev–Trinajstić information content (AvgIpc) is 3.32. The van der Waals surface area contributed by atoms with Crippen LogP contribution in [0.15, 0.2) is 54.2 Å². The summed E-state index contributed by atoms with van der Waals surface area (Å²) in [4.78, 5) is 14.4. The predicted octanol–water partition coefficient (Wildman–Crippen LogP) is 5.28. The molecule has 0 saturated heterocycles. The van der Waals surface area contributed by atoms with Crippen LogP contribution in [-0.2, 0) is 0 Å². The van der Waals surface area contributed by atoms with Crippen LogP contribution >= 0.6 is 11.3 Å². The molecule has 0 radical (unpaired) electrons. The molecule has 26 heavy (non-hydrogen) atoms. The van der Waals surface area contributed by atoms with Crippen molar-refractivity contribution >= 4 is 38.9 Å². The lowest BCUT2D eigenvalue weighted by Crippen LogP contribution is -2.21. The van der Waals surface area contributed by atoms with E-state index in [1.807, 2.05) is 18.2 Å². The van der Waals surface area contributed by atoms with Gasteiger partial charge in [-0.15, -0.1) is 11.3 Å². The van der Waals surface area contributed by atoms with Gasteiger partial charge in [0.2, 0.25) is 0 Å². The molecule has 2 aromatic heterocycles. The number of H-pyrrole nitrogens is 1. The first-order chi connectivity index (χ1) is 12.8. The second kappa shape index (κ2) is 7.17. The second-order valence-corrected chi connectivity index (χ2v) is 6.87. The molecule has 0 spiro atoms. The van der Waals surface area contributed by atoms with Gasteiger partial charge in [-0.2, -0.15) is 0 Å². The zero-order valence-corrected chi connectivity index (χ0v) is 15.7. The molecule has 2 aromatic carbocycles. The minimum absolute atomic E-state index is 0.881. The standard InChI is InChI=1S/C20H21N5S/c1-3-25(4-2)16-8-5-14(6-9-16)19-12-26-20(24-19)23-15-7-10-17-18(11-15)22-13-21-17/h5-13H,3-4H2,1-2H3,(H,21,22)(H,23,24). The molecule has 2 N–H and O–H groups in total. The van der Waals surface area contributed by atoms with E-state index in [-0.39, 0.29) is 0 Å². The number of fused-ring (bicyclic) bond motifs is 1. The molecule has 0 aliphatic rings. The van der Waals surface area contributed by atoms with Gasteiger partial charge in [-0.25, -0.2) is 9.97 Å². The molecule has 0 amide bonds. The van der Waals surface area contributed by atoms with Crippen LogP contribution in [0.2, 0.25) is 0 Å². The van der Waals surface area contributed by atoms with Crippen molar-refractivity contribution in [2.24, 2.45) is 0 Å². The Kier molecular flexibility index (Phi) is 4.58. The van der Waals surface area contributed by atoms with Crippen molar-refractivity contribution in [3.63, 3.8) is 0 Å². The highest BCUT2D eigenvalue weighted by molar-refractivity contribution is 7.14. The highest BCUT2D eigenvalue weighted by atomic mass is 32.1. The maximum Gasteiger partial charge on any atom is 0.187 e. The van der Waals surface area contributed by atoms with Crippen LogP contribution in [0.5, 0.6) is 0 Å². The molecule has 6 heteroatoms. The van der Waals surface area contributed by atoms with Crippen LogP contribution in [0, 0.1) is 0 Å². The zero-order chi connectivity index (χ0) is 17.9. The lowest BCUT2D eigenvalue weighted by molar-refractivity contribution is 0.866. The SMILES string of the molecule is CCN(CC)c1ccc(-c2csc(Nc3ccc4nc[nH]c4c3)n2)cc1. The van der Waals surface area contributed by atoms with E-state index in [2.05, 4.69) is 63.7 Å². The Hall–Kier alpha value is -2.86. The largest absolute Gasteiger partial charge is 0.372 e. The van der Waals surface area contributed by atoms with Crippen LogP contribution < -0.4 is 10.2 Å². The molecule has 4 rings (SSSR count). The van der Waals surface area contributed by atoms with Gasteiger partial charge in [0.05, 0.1) is 23.1 Å². The van der Waals surface area contributed by atoms with E-state index in [4.69, 9.17) is 4.98 Å². The first-order valence-electron chi connectivity index (χ1n) is 8.78. The van der Waals surface area contributed by atoms with E-state index in [0.29, 0.717) is 0 Å². The summed E-state index contributed by atoms with van der Waals surface area (Å²) in [6, 6.07) is 14.7. The van der Waals surface area contributed by atoms with Gasteiger partial charge in [0.25, 0.3) is 0 Å². The Labute approximate surface area is 156 Å². The summed E-state index contributed by atoms with van der Waals surface area (Å²) in [6.07, 6.45) is 1.71. The summed E-state index contributed by atoms with van der Waals surface area (Å²) < 4.78 is 0. The summed E-state index contributed by atoms with van der Waals surface area (Å²) in [7, 11) is 0. The van der Waals surface area contributed by atoms with Crippen molar-refractivity contribution in [2.75, 3.05) is 23.3 Å². The summed E-state index contributed by atoms with van der Waals surface area (Å²) >= 11 is 1.61. The third kappa shape index (κ3) is 3.28. The van der Waals surface area contributed by atoms with Gasteiger partial charge >= 0.3 is 0 Å². The van der Waals surface area contributed by atoms with Crippen molar-refractivity contribution < 1.29 is 0 Å². The number of rotatable bonds is 6. The van der Waals surface area contributed by atoms with Gasteiger partial charge in [0.1, 0.15) is 0 Å². The van der Waals surface area contributed by atoms with Crippen LogP contribution in [0.25, 0.3) is 22.3 Å². The number of hydrogen-bond acceptors (Lipinski definition) is 5. The number of nitrogens with one attached hydrogen (secondary N) is 2. The predicted molar refractivity (Wildman–Crippen MR) is 110 cm³/mol. The minimum Gasteiger partial charge on any atom is -0.372 e. The van der Waals surface area contributed by atoms with E-state index in [1.54, 1.807) is 17.7 Å². The molecule has 2 heterocycles. The van der Waals surface area contributed by atoms with Crippen LogP contribution in [0.1, 0.15) is 13.8 Å². The quantitative estimate of drug-likeness (QED) is 0.489. The highest BCUT2D eigenvalue weighted by Gasteiger charge is 2.07. The van der Waals surface area contributed by atoms with E-state index < -0.39 is 0 Å². The maximum absolute atomic E-state index is 4.73. The van der Waals surface area contributed by atoms with Gasteiger partial charge in [0.15, 0.2) is 5.13 Å². The lowest BCUT2D eigenvalue weighted by atomic mass is 10.1. The van der Waals surface area contributed by atoms with E-state index in [9.17, 15) is 0 Å². The Morgan fingerprint density at radius 3 is 2.65 bits per heavy atom. The summed E-state index contributed by atoms with van der Waals surface area (Å²) in [5, 5.41) is 6.34. The molecule has 132 valence electrons. The number of anilines is 3. The number of benzene rings is 2. The number of hydrogen-bond donors (Lipinski definition) is 2. The maximum atomic E-state index is 4.73. The normalized spacial score (nSPS) is 11.0. The van der Waals surface area contributed by atoms with Crippen molar-refractivity contribution in [3.05, 3.63) is 54.2 Å². The fourth-order valence-electron chi connectivity index (χ4n) is 3.03. The van der Waals surface area contributed by atoms with Gasteiger partial charge in [-0.1, -0.05) is 12.1 Å². The van der Waals surface area contributed by atoms with Gasteiger partial charge in [0, 0.05) is 35.4 Å². The van der Waals surface area contributed by atoms with Crippen molar-refractivity contribution in [1.29, 1.82) is 0 Å². The topological polar surface area (TPSA) is 56.8 Å². The number of aromatic nitrogens is 3. The van der Waals surface area contributed by atoms with E-state index in [0.717, 1.165) is 46.2 Å². The van der Waals surface area contributed by atoms with Crippen LogP contribution in [0.3, 0.4) is 0 Å². The molecule has 0 aliphatic carbocycles. The lowest BCUT2D eigenvalue weighted by Gasteiger charge is -2.20.